The summed E-state index contributed by atoms with van der Waals surface area (Å²) in [6.07, 6.45) is -3.54. The maximum absolute atomic E-state index is 15.5. The van der Waals surface area contributed by atoms with Crippen LogP contribution >= 0.6 is 0 Å². The van der Waals surface area contributed by atoms with Gasteiger partial charge in [0.05, 0.1) is 35.6 Å². The number of nitrogens with one attached hydrogen (secondary N) is 2. The summed E-state index contributed by atoms with van der Waals surface area (Å²) in [5.74, 6) is -2.38. The summed E-state index contributed by atoms with van der Waals surface area (Å²) in [4.78, 5) is 64.4. The molecule has 4 aromatic rings. The molecule has 18 heteroatoms. The summed E-state index contributed by atoms with van der Waals surface area (Å²) in [6, 6.07) is 10.3. The van der Waals surface area contributed by atoms with E-state index in [9.17, 15) is 32.3 Å². The average molecular weight is 990 g/mol. The van der Waals surface area contributed by atoms with E-state index < -0.39 is 66.1 Å². The molecule has 6 bridgehead atoms. The van der Waals surface area contributed by atoms with Gasteiger partial charge in [0.1, 0.15) is 18.6 Å². The van der Waals surface area contributed by atoms with Gasteiger partial charge in [-0.3, -0.25) is 34.1 Å². The van der Waals surface area contributed by atoms with E-state index in [1.165, 1.54) is 30.5 Å². The highest BCUT2D eigenvalue weighted by atomic mass is 19.4. The molecule has 3 amide bonds. The first-order chi connectivity index (χ1) is 33.5. The van der Waals surface area contributed by atoms with Crippen LogP contribution in [0.15, 0.2) is 67.4 Å². The summed E-state index contributed by atoms with van der Waals surface area (Å²) < 4.78 is 88.2. The quantitative estimate of drug-likeness (QED) is 0.0913. The number of hydrogen-bond acceptors (Lipinski definition) is 9. The third-order valence-electron chi connectivity index (χ3n) is 15.1. The van der Waals surface area contributed by atoms with Crippen LogP contribution in [-0.2, 0) is 48.0 Å². The van der Waals surface area contributed by atoms with Crippen molar-refractivity contribution in [1.82, 2.24) is 35.1 Å². The number of alkyl halides is 5. The maximum atomic E-state index is 15.5. The number of pyridine rings is 1. The number of carbonyl (C=O) groups is 4. The molecule has 3 saturated heterocycles. The molecule has 71 heavy (non-hydrogen) atoms. The van der Waals surface area contributed by atoms with Crippen LogP contribution in [0.1, 0.15) is 95.2 Å². The van der Waals surface area contributed by atoms with Gasteiger partial charge in [-0.1, -0.05) is 58.5 Å². The molecule has 13 nitrogen and oxygen atoms in total. The molecular formula is C53H64F5N7O6. The third kappa shape index (κ3) is 10.3. The monoisotopic (exact) mass is 989 g/mol. The van der Waals surface area contributed by atoms with Gasteiger partial charge in [-0.05, 0) is 105 Å². The fraction of sp³-hybridized carbons (Fsp3) is 0.528. The summed E-state index contributed by atoms with van der Waals surface area (Å²) in [7, 11) is 3.43. The van der Waals surface area contributed by atoms with Gasteiger partial charge in [-0.25, -0.2) is 14.2 Å². The number of esters is 1. The number of likely N-dealkylation sites (tertiary alicyclic amines) is 2. The first kappa shape index (κ1) is 51.6. The van der Waals surface area contributed by atoms with Gasteiger partial charge < -0.3 is 24.3 Å². The average Bonchev–Trinajstić information content (AvgIpc) is 3.80. The topological polar surface area (TPSA) is 138 Å². The molecule has 2 aromatic carbocycles. The minimum absolute atomic E-state index is 0.0483. The molecule has 1 spiro atoms. The van der Waals surface area contributed by atoms with E-state index in [1.54, 1.807) is 48.2 Å². The minimum Gasteiger partial charge on any atom is -0.464 e. The lowest BCUT2D eigenvalue weighted by atomic mass is 9.83. The molecule has 2 aromatic heterocycles. The van der Waals surface area contributed by atoms with Crippen LogP contribution in [0.4, 0.5) is 22.0 Å². The van der Waals surface area contributed by atoms with Gasteiger partial charge in [0, 0.05) is 72.8 Å². The maximum Gasteiger partial charge on any atom is 0.406 e. The number of halogens is 5. The smallest absolute Gasteiger partial charge is 0.406 e. The van der Waals surface area contributed by atoms with E-state index in [-0.39, 0.29) is 72.1 Å². The van der Waals surface area contributed by atoms with Crippen LogP contribution in [0, 0.1) is 17.3 Å². The van der Waals surface area contributed by atoms with E-state index in [4.69, 9.17) is 9.47 Å². The number of carbonyl (C=O) groups excluding carboxylic acids is 4. The van der Waals surface area contributed by atoms with Crippen LogP contribution in [-0.4, -0.2) is 118 Å². The molecule has 0 radical (unpaired) electrons. The zero-order chi connectivity index (χ0) is 51.3. The highest BCUT2D eigenvalue weighted by molar-refractivity contribution is 5.97. The van der Waals surface area contributed by atoms with Crippen LogP contribution in [0.2, 0.25) is 0 Å². The molecule has 5 atom stereocenters. The highest BCUT2D eigenvalue weighted by Gasteiger charge is 2.56. The van der Waals surface area contributed by atoms with Crippen molar-refractivity contribution in [3.05, 3.63) is 89.8 Å². The second-order valence-electron chi connectivity index (χ2n) is 20.9. The number of cyclic esters (lactones) is 1. The van der Waals surface area contributed by atoms with E-state index in [0.29, 0.717) is 65.7 Å². The molecule has 2 N–H and O–H groups in total. The van der Waals surface area contributed by atoms with Crippen molar-refractivity contribution >= 4 is 34.6 Å². The van der Waals surface area contributed by atoms with Crippen LogP contribution in [0.3, 0.4) is 0 Å². The predicted octanol–water partition coefficient (Wildman–Crippen LogP) is 8.36. The number of ether oxygens (including phenoxy) is 2. The molecule has 8 rings (SSSR count). The number of methoxy groups -OCH3 is 1. The van der Waals surface area contributed by atoms with E-state index >= 15 is 8.78 Å². The lowest BCUT2D eigenvalue weighted by Gasteiger charge is -2.53. The minimum atomic E-state index is -4.78. The molecule has 3 fully saturated rings. The third-order valence-corrected chi connectivity index (χ3v) is 15.1. The Morgan fingerprint density at radius 3 is 2.48 bits per heavy atom. The number of benzene rings is 2. The largest absolute Gasteiger partial charge is 0.464 e. The van der Waals surface area contributed by atoms with E-state index in [0.717, 1.165) is 17.1 Å². The molecule has 4 aliphatic heterocycles. The van der Waals surface area contributed by atoms with Gasteiger partial charge in [0.2, 0.25) is 11.8 Å². The Balaban J connectivity index is 1.26. The standard InChI is InChI=1S/C53H64F5N7O6/c1-9-43(66)63-26-52(27-63)18-17-41(62(52)7)44(30(2)3)48(67)60-40-22-32-13-10-14-33(21-32)35-23-36-38(25-51(5,6)29-71-50(69)39-16-12-20-65(61-39)49(40)68)46(34-15-11-19-59-45(34)31(4)70-8)64(28-53(56,57)58)42(36)24-37(35)47(54)55/h9-11,13-15,19,21,23-24,30-31,39-41,44,47,61H,1,12,16-18,20,22,25-29H2,2-8H3,(H,60,67)/t31-,39-,40-,41+,44+/m0/s1. The van der Waals surface area contributed by atoms with Crippen molar-refractivity contribution < 1.29 is 50.6 Å². The number of hydrazine groups is 1. The molecule has 0 aliphatic carbocycles. The van der Waals surface area contributed by atoms with E-state index in [2.05, 4.69) is 27.2 Å². The van der Waals surface area contributed by atoms with Crippen molar-refractivity contribution in [3.63, 3.8) is 0 Å². The van der Waals surface area contributed by atoms with Crippen molar-refractivity contribution in [3.8, 4) is 22.4 Å². The van der Waals surface area contributed by atoms with Gasteiger partial charge in [-0.15, -0.1) is 0 Å². The zero-order valence-electron chi connectivity index (χ0n) is 41.4. The Bertz CT molecular complexity index is 2700. The number of nitrogens with zero attached hydrogens (tertiary/aromatic N) is 5. The van der Waals surface area contributed by atoms with Gasteiger partial charge >= 0.3 is 12.1 Å². The molecule has 0 unspecified atom stereocenters. The number of likely N-dealkylation sites (N-methyl/N-ethyl adjacent to an activating group) is 1. The van der Waals surface area contributed by atoms with Crippen molar-refractivity contribution in [1.29, 1.82) is 0 Å². The molecule has 4 aliphatic rings. The number of amides is 3. The number of rotatable bonds is 10. The Labute approximate surface area is 411 Å². The Morgan fingerprint density at radius 1 is 1.06 bits per heavy atom. The number of hydrogen-bond donors (Lipinski definition) is 2. The van der Waals surface area contributed by atoms with Crippen LogP contribution in [0.25, 0.3) is 33.3 Å². The van der Waals surface area contributed by atoms with E-state index in [1.807, 2.05) is 34.7 Å². The SMILES string of the molecule is C=CC(=O)N1CC2(CC[C@H]([C@H](C(=O)N[C@H]3Cc4cccc(c4)-c4cc5c(c(-c6cccnc6[C@H](C)OC)n(CC(F)(F)F)c5cc4C(F)F)CC(C)(C)COC(=O)[C@@H]4CCCN(N4)C3=O)C(C)C)N2C)C1. The second kappa shape index (κ2) is 20.1. The van der Waals surface area contributed by atoms with Crippen LogP contribution in [0.5, 0.6) is 0 Å². The van der Waals surface area contributed by atoms with Gasteiger partial charge in [-0.2, -0.15) is 13.2 Å². The van der Waals surface area contributed by atoms with Gasteiger partial charge in [0.25, 0.3) is 12.3 Å². The summed E-state index contributed by atoms with van der Waals surface area (Å²) in [5.41, 5.74) is 3.40. The van der Waals surface area contributed by atoms with Crippen molar-refractivity contribution in [2.75, 3.05) is 40.4 Å². The Morgan fingerprint density at radius 2 is 1.80 bits per heavy atom. The van der Waals surface area contributed by atoms with Crippen LogP contribution < -0.4 is 10.7 Å². The first-order valence-electron chi connectivity index (χ1n) is 24.4. The molecular weight excluding hydrogens is 926 g/mol. The lowest BCUT2D eigenvalue weighted by molar-refractivity contribution is -0.155. The molecule has 0 saturated carbocycles. The summed E-state index contributed by atoms with van der Waals surface area (Å²) >= 11 is 0. The highest BCUT2D eigenvalue weighted by Crippen LogP contribution is 2.46. The Kier molecular flexibility index (Phi) is 14.6. The van der Waals surface area contributed by atoms with Gasteiger partial charge in [0.15, 0.2) is 0 Å². The lowest BCUT2D eigenvalue weighted by Crippen LogP contribution is -2.69. The summed E-state index contributed by atoms with van der Waals surface area (Å²) in [5, 5.41) is 4.73. The normalized spacial score (nSPS) is 22.6. The molecule has 382 valence electrons. The summed E-state index contributed by atoms with van der Waals surface area (Å²) in [6.45, 7) is 12.4. The number of fused-ring (bicyclic) bond motifs is 6. The molecule has 6 heterocycles. The first-order valence-corrected chi connectivity index (χ1v) is 24.4. The Hall–Kier alpha value is -5.72. The fourth-order valence-corrected chi connectivity index (χ4v) is 11.4. The zero-order valence-corrected chi connectivity index (χ0v) is 41.4. The fourth-order valence-electron chi connectivity index (χ4n) is 11.4. The predicted molar refractivity (Wildman–Crippen MR) is 258 cm³/mol. The second-order valence-corrected chi connectivity index (χ2v) is 20.9. The van der Waals surface area contributed by atoms with Crippen molar-refractivity contribution in [2.24, 2.45) is 17.3 Å². The van der Waals surface area contributed by atoms with Crippen molar-refractivity contribution in [2.45, 2.75) is 122 Å². The number of aromatic nitrogens is 2.